The minimum absolute atomic E-state index is 0.798. The lowest BCUT2D eigenvalue weighted by Crippen LogP contribution is -2.38. The molecule has 1 N–H and O–H groups in total. The zero-order valence-corrected chi connectivity index (χ0v) is 14.8. The molecule has 21 heavy (non-hydrogen) atoms. The SMILES string of the molecule is CCCN(Cc1ccc(OC)c(Br)c1)CC1CCCNC1. The molecule has 1 fully saturated rings. The topological polar surface area (TPSA) is 24.5 Å². The van der Waals surface area contributed by atoms with E-state index in [-0.39, 0.29) is 0 Å². The molecule has 1 unspecified atom stereocenters. The smallest absolute Gasteiger partial charge is 0.133 e. The lowest BCUT2D eigenvalue weighted by molar-refractivity contribution is 0.201. The Balaban J connectivity index is 1.96. The third-order valence-corrected chi connectivity index (χ3v) is 4.70. The van der Waals surface area contributed by atoms with Gasteiger partial charge in [0.25, 0.3) is 0 Å². The van der Waals surface area contributed by atoms with Crippen LogP contribution in [0.4, 0.5) is 0 Å². The number of hydrogen-bond acceptors (Lipinski definition) is 3. The number of nitrogens with zero attached hydrogens (tertiary/aromatic N) is 1. The van der Waals surface area contributed by atoms with Gasteiger partial charge in [-0.05, 0) is 78.4 Å². The van der Waals surface area contributed by atoms with Gasteiger partial charge in [0.05, 0.1) is 11.6 Å². The van der Waals surface area contributed by atoms with E-state index >= 15 is 0 Å². The number of nitrogens with one attached hydrogen (secondary N) is 1. The van der Waals surface area contributed by atoms with Crippen molar-refractivity contribution in [2.75, 3.05) is 33.3 Å². The summed E-state index contributed by atoms with van der Waals surface area (Å²) in [5.74, 6) is 1.70. The maximum atomic E-state index is 5.31. The molecular formula is C17H27BrN2O. The van der Waals surface area contributed by atoms with Crippen molar-refractivity contribution in [1.82, 2.24) is 10.2 Å². The van der Waals surface area contributed by atoms with Crippen LogP contribution in [0.3, 0.4) is 0 Å². The van der Waals surface area contributed by atoms with E-state index in [1.54, 1.807) is 7.11 Å². The van der Waals surface area contributed by atoms with Gasteiger partial charge >= 0.3 is 0 Å². The highest BCUT2D eigenvalue weighted by Crippen LogP contribution is 2.26. The summed E-state index contributed by atoms with van der Waals surface area (Å²) in [6.45, 7) is 8.01. The van der Waals surface area contributed by atoms with Crippen molar-refractivity contribution in [2.45, 2.75) is 32.7 Å². The summed E-state index contributed by atoms with van der Waals surface area (Å²) in [6.07, 6.45) is 3.88. The van der Waals surface area contributed by atoms with Crippen molar-refractivity contribution in [3.05, 3.63) is 28.2 Å². The van der Waals surface area contributed by atoms with Gasteiger partial charge < -0.3 is 10.1 Å². The summed E-state index contributed by atoms with van der Waals surface area (Å²) < 4.78 is 6.35. The zero-order valence-electron chi connectivity index (χ0n) is 13.2. The van der Waals surface area contributed by atoms with Crippen LogP contribution in [0.15, 0.2) is 22.7 Å². The highest BCUT2D eigenvalue weighted by molar-refractivity contribution is 9.10. The first-order valence-electron chi connectivity index (χ1n) is 7.98. The van der Waals surface area contributed by atoms with Gasteiger partial charge in [0.2, 0.25) is 0 Å². The fourth-order valence-corrected chi connectivity index (χ4v) is 3.65. The maximum Gasteiger partial charge on any atom is 0.133 e. The van der Waals surface area contributed by atoms with Crippen LogP contribution in [-0.2, 0) is 6.54 Å². The normalized spacial score (nSPS) is 19.0. The molecule has 1 aromatic carbocycles. The molecule has 0 saturated carbocycles. The van der Waals surface area contributed by atoms with Gasteiger partial charge in [-0.1, -0.05) is 13.0 Å². The van der Waals surface area contributed by atoms with Crippen LogP contribution in [0.1, 0.15) is 31.7 Å². The minimum Gasteiger partial charge on any atom is -0.496 e. The van der Waals surface area contributed by atoms with Gasteiger partial charge in [-0.3, -0.25) is 4.90 Å². The standard InChI is InChI=1S/C17H27BrN2O/c1-3-9-20(13-15-5-4-8-19-11-15)12-14-6-7-17(21-2)16(18)10-14/h6-7,10,15,19H,3-5,8-9,11-13H2,1-2H3. The Morgan fingerprint density at radius 1 is 1.43 bits per heavy atom. The highest BCUT2D eigenvalue weighted by atomic mass is 79.9. The van der Waals surface area contributed by atoms with Gasteiger partial charge in [-0.25, -0.2) is 0 Å². The molecule has 1 atom stereocenters. The van der Waals surface area contributed by atoms with Gasteiger partial charge in [0.1, 0.15) is 5.75 Å². The second kappa shape index (κ2) is 8.76. The van der Waals surface area contributed by atoms with E-state index < -0.39 is 0 Å². The Morgan fingerprint density at radius 2 is 2.29 bits per heavy atom. The van der Waals surface area contributed by atoms with Crippen molar-refractivity contribution in [1.29, 1.82) is 0 Å². The van der Waals surface area contributed by atoms with Gasteiger partial charge in [0.15, 0.2) is 0 Å². The van der Waals surface area contributed by atoms with E-state index in [2.05, 4.69) is 45.2 Å². The van der Waals surface area contributed by atoms with Crippen molar-refractivity contribution < 1.29 is 4.74 Å². The average molecular weight is 355 g/mol. The Bertz CT molecular complexity index is 433. The number of hydrogen-bond donors (Lipinski definition) is 1. The maximum absolute atomic E-state index is 5.31. The highest BCUT2D eigenvalue weighted by Gasteiger charge is 2.17. The molecule has 118 valence electrons. The first-order valence-corrected chi connectivity index (χ1v) is 8.77. The molecule has 0 bridgehead atoms. The molecule has 3 nitrogen and oxygen atoms in total. The van der Waals surface area contributed by atoms with E-state index in [1.807, 2.05) is 6.07 Å². The van der Waals surface area contributed by atoms with Crippen molar-refractivity contribution in [3.8, 4) is 5.75 Å². The Hall–Kier alpha value is -0.580. The molecule has 1 aliphatic heterocycles. The second-order valence-corrected chi connectivity index (χ2v) is 6.77. The zero-order chi connectivity index (χ0) is 15.1. The Morgan fingerprint density at radius 3 is 2.90 bits per heavy atom. The molecule has 1 aromatic rings. The van der Waals surface area contributed by atoms with Crippen LogP contribution in [0.2, 0.25) is 0 Å². The minimum atomic E-state index is 0.798. The first kappa shape index (κ1) is 16.8. The quantitative estimate of drug-likeness (QED) is 0.808. The molecule has 1 aliphatic rings. The number of benzene rings is 1. The molecule has 0 radical (unpaired) electrons. The molecule has 0 amide bonds. The van der Waals surface area contributed by atoms with Crippen LogP contribution in [0.25, 0.3) is 0 Å². The second-order valence-electron chi connectivity index (χ2n) is 5.92. The molecular weight excluding hydrogens is 328 g/mol. The average Bonchev–Trinajstić information content (AvgIpc) is 2.49. The van der Waals surface area contributed by atoms with Crippen LogP contribution < -0.4 is 10.1 Å². The summed E-state index contributed by atoms with van der Waals surface area (Å²) in [6, 6.07) is 6.40. The van der Waals surface area contributed by atoms with Crippen molar-refractivity contribution in [2.24, 2.45) is 5.92 Å². The monoisotopic (exact) mass is 354 g/mol. The molecule has 2 rings (SSSR count). The van der Waals surface area contributed by atoms with Gasteiger partial charge in [0, 0.05) is 13.1 Å². The summed E-state index contributed by atoms with van der Waals surface area (Å²) in [5, 5.41) is 3.52. The number of piperidine rings is 1. The predicted octanol–water partition coefficient (Wildman–Crippen LogP) is 3.67. The summed E-state index contributed by atoms with van der Waals surface area (Å²) >= 11 is 3.58. The Kier molecular flexibility index (Phi) is 7.00. The summed E-state index contributed by atoms with van der Waals surface area (Å²) in [5.41, 5.74) is 1.35. The van der Waals surface area contributed by atoms with Crippen molar-refractivity contribution >= 4 is 15.9 Å². The molecule has 1 heterocycles. The third-order valence-electron chi connectivity index (χ3n) is 4.08. The molecule has 0 spiro atoms. The van der Waals surface area contributed by atoms with E-state index in [9.17, 15) is 0 Å². The number of methoxy groups -OCH3 is 1. The predicted molar refractivity (Wildman–Crippen MR) is 91.9 cm³/mol. The fourth-order valence-electron chi connectivity index (χ4n) is 3.06. The van der Waals surface area contributed by atoms with Crippen LogP contribution >= 0.6 is 15.9 Å². The number of halogens is 1. The Labute approximate surface area is 137 Å². The lowest BCUT2D eigenvalue weighted by atomic mass is 9.98. The van der Waals surface area contributed by atoms with E-state index in [1.165, 1.54) is 51.0 Å². The number of rotatable bonds is 7. The summed E-state index contributed by atoms with van der Waals surface area (Å²) in [7, 11) is 1.71. The largest absolute Gasteiger partial charge is 0.496 e. The van der Waals surface area contributed by atoms with E-state index in [0.717, 1.165) is 22.7 Å². The first-order chi connectivity index (χ1) is 10.2. The van der Waals surface area contributed by atoms with Crippen molar-refractivity contribution in [3.63, 3.8) is 0 Å². The third kappa shape index (κ3) is 5.28. The van der Waals surface area contributed by atoms with Crippen LogP contribution in [0, 0.1) is 5.92 Å². The van der Waals surface area contributed by atoms with Gasteiger partial charge in [-0.2, -0.15) is 0 Å². The molecule has 0 aliphatic carbocycles. The van der Waals surface area contributed by atoms with Crippen LogP contribution in [-0.4, -0.2) is 38.2 Å². The summed E-state index contributed by atoms with van der Waals surface area (Å²) in [4.78, 5) is 2.59. The number of ether oxygens (including phenoxy) is 1. The van der Waals surface area contributed by atoms with E-state index in [0.29, 0.717) is 0 Å². The molecule has 0 aromatic heterocycles. The lowest BCUT2D eigenvalue weighted by Gasteiger charge is -2.30. The van der Waals surface area contributed by atoms with Crippen LogP contribution in [0.5, 0.6) is 5.75 Å². The molecule has 4 heteroatoms. The van der Waals surface area contributed by atoms with Gasteiger partial charge in [-0.15, -0.1) is 0 Å². The molecule has 1 saturated heterocycles. The fraction of sp³-hybridized carbons (Fsp3) is 0.647. The van der Waals surface area contributed by atoms with E-state index in [4.69, 9.17) is 4.74 Å².